The van der Waals surface area contributed by atoms with Gasteiger partial charge in [-0.2, -0.15) is 0 Å². The van der Waals surface area contributed by atoms with E-state index in [9.17, 15) is 19.2 Å². The van der Waals surface area contributed by atoms with Gasteiger partial charge in [0.1, 0.15) is 12.3 Å². The van der Waals surface area contributed by atoms with Gasteiger partial charge < -0.3 is 9.47 Å². The molecule has 3 amide bonds. The van der Waals surface area contributed by atoms with Crippen molar-refractivity contribution >= 4 is 40.7 Å². The third-order valence-electron chi connectivity index (χ3n) is 3.68. The van der Waals surface area contributed by atoms with Crippen LogP contribution in [-0.4, -0.2) is 43.4 Å². The molecule has 0 bridgehead atoms. The highest BCUT2D eigenvalue weighted by molar-refractivity contribution is 7.12. The SMILES string of the molecule is O=C(COC(=O)CN1C(=O)CCOc2ccccc21)NC(=O)c1cccs1. The number of ether oxygens (including phenoxy) is 2. The van der Waals surface area contributed by atoms with E-state index < -0.39 is 24.4 Å². The van der Waals surface area contributed by atoms with E-state index in [4.69, 9.17) is 9.47 Å². The van der Waals surface area contributed by atoms with Gasteiger partial charge in [-0.25, -0.2) is 0 Å². The van der Waals surface area contributed by atoms with Crippen LogP contribution in [0.3, 0.4) is 0 Å². The number of hydrogen-bond donors (Lipinski definition) is 1. The number of nitrogens with zero attached hydrogens (tertiary/aromatic N) is 1. The van der Waals surface area contributed by atoms with Crippen LogP contribution in [0, 0.1) is 0 Å². The average Bonchev–Trinajstić information content (AvgIpc) is 3.15. The third kappa shape index (κ3) is 4.70. The van der Waals surface area contributed by atoms with Crippen LogP contribution in [0.4, 0.5) is 5.69 Å². The molecule has 3 rings (SSSR count). The van der Waals surface area contributed by atoms with Gasteiger partial charge in [-0.15, -0.1) is 11.3 Å². The molecule has 0 fully saturated rings. The lowest BCUT2D eigenvalue weighted by molar-refractivity contribution is -0.147. The predicted octanol–water partition coefficient (Wildman–Crippen LogP) is 1.36. The summed E-state index contributed by atoms with van der Waals surface area (Å²) >= 11 is 1.19. The number of fused-ring (bicyclic) bond motifs is 1. The monoisotopic (exact) mass is 388 g/mol. The lowest BCUT2D eigenvalue weighted by atomic mass is 10.2. The molecule has 140 valence electrons. The lowest BCUT2D eigenvalue weighted by Gasteiger charge is -2.20. The van der Waals surface area contributed by atoms with Crippen molar-refractivity contribution in [1.29, 1.82) is 0 Å². The number of thiophene rings is 1. The van der Waals surface area contributed by atoms with E-state index in [1.807, 2.05) is 0 Å². The summed E-state index contributed by atoms with van der Waals surface area (Å²) in [5, 5.41) is 3.84. The summed E-state index contributed by atoms with van der Waals surface area (Å²) in [6.45, 7) is -0.754. The van der Waals surface area contributed by atoms with Crippen LogP contribution in [-0.2, 0) is 19.1 Å². The zero-order valence-corrected chi connectivity index (χ0v) is 15.0. The molecule has 0 radical (unpaired) electrons. The van der Waals surface area contributed by atoms with Crippen molar-refractivity contribution < 1.29 is 28.7 Å². The van der Waals surface area contributed by atoms with Crippen LogP contribution in [0.25, 0.3) is 0 Å². The number of rotatable bonds is 5. The first-order valence-electron chi connectivity index (χ1n) is 8.10. The van der Waals surface area contributed by atoms with Gasteiger partial charge in [-0.1, -0.05) is 18.2 Å². The summed E-state index contributed by atoms with van der Waals surface area (Å²) in [4.78, 5) is 49.5. The van der Waals surface area contributed by atoms with Crippen molar-refractivity contribution in [3.63, 3.8) is 0 Å². The van der Waals surface area contributed by atoms with E-state index in [-0.39, 0.29) is 25.5 Å². The molecular formula is C18H16N2O6S. The fourth-order valence-corrected chi connectivity index (χ4v) is 3.06. The molecule has 0 saturated heterocycles. The third-order valence-corrected chi connectivity index (χ3v) is 4.55. The molecule has 27 heavy (non-hydrogen) atoms. The molecule has 0 atom stereocenters. The first-order chi connectivity index (χ1) is 13.0. The van der Waals surface area contributed by atoms with Gasteiger partial charge in [0.15, 0.2) is 6.61 Å². The fraction of sp³-hybridized carbons (Fsp3) is 0.222. The Hall–Kier alpha value is -3.20. The Labute approximate surface area is 158 Å². The highest BCUT2D eigenvalue weighted by Crippen LogP contribution is 2.30. The summed E-state index contributed by atoms with van der Waals surface area (Å²) in [7, 11) is 0. The second-order valence-corrected chi connectivity index (χ2v) is 6.51. The first kappa shape index (κ1) is 18.6. The average molecular weight is 388 g/mol. The molecule has 0 spiro atoms. The van der Waals surface area contributed by atoms with Crippen LogP contribution >= 0.6 is 11.3 Å². The molecule has 0 aliphatic carbocycles. The zero-order valence-electron chi connectivity index (χ0n) is 14.2. The second kappa shape index (κ2) is 8.45. The Balaban J connectivity index is 1.55. The fourth-order valence-electron chi connectivity index (χ4n) is 2.45. The summed E-state index contributed by atoms with van der Waals surface area (Å²) in [5.41, 5.74) is 0.467. The van der Waals surface area contributed by atoms with Crippen LogP contribution < -0.4 is 15.0 Å². The van der Waals surface area contributed by atoms with E-state index in [2.05, 4.69) is 5.32 Å². The molecule has 2 heterocycles. The number of anilines is 1. The van der Waals surface area contributed by atoms with Crippen molar-refractivity contribution in [2.24, 2.45) is 0 Å². The molecule has 1 aromatic carbocycles. The zero-order chi connectivity index (χ0) is 19.2. The highest BCUT2D eigenvalue weighted by atomic mass is 32.1. The number of nitrogens with one attached hydrogen (secondary N) is 1. The van der Waals surface area contributed by atoms with Gasteiger partial charge in [0.25, 0.3) is 11.8 Å². The maximum absolute atomic E-state index is 12.2. The number of esters is 1. The summed E-state index contributed by atoms with van der Waals surface area (Å²) in [6, 6.07) is 10.1. The summed E-state index contributed by atoms with van der Waals surface area (Å²) < 4.78 is 10.4. The van der Waals surface area contributed by atoms with E-state index in [1.54, 1.807) is 41.8 Å². The van der Waals surface area contributed by atoms with Crippen molar-refractivity contribution in [2.45, 2.75) is 6.42 Å². The maximum Gasteiger partial charge on any atom is 0.326 e. The quantitative estimate of drug-likeness (QED) is 0.776. The standard InChI is InChI=1S/C18H16N2O6S/c21-15(19-18(24)14-6-3-9-27-14)11-26-17(23)10-20-12-4-1-2-5-13(12)25-8-7-16(20)22/h1-6,9H,7-8,10-11H2,(H,19,21,24). The number of imide groups is 1. The van der Waals surface area contributed by atoms with Crippen LogP contribution in [0.15, 0.2) is 41.8 Å². The number of benzene rings is 1. The normalized spacial score (nSPS) is 13.2. The Morgan fingerprint density at radius 3 is 2.78 bits per heavy atom. The number of carbonyl (C=O) groups is 4. The largest absolute Gasteiger partial charge is 0.491 e. The van der Waals surface area contributed by atoms with Gasteiger partial charge >= 0.3 is 5.97 Å². The highest BCUT2D eigenvalue weighted by Gasteiger charge is 2.26. The number of para-hydroxylation sites is 2. The van der Waals surface area contributed by atoms with Crippen molar-refractivity contribution in [1.82, 2.24) is 5.32 Å². The van der Waals surface area contributed by atoms with Crippen LogP contribution in [0.2, 0.25) is 0 Å². The van der Waals surface area contributed by atoms with Crippen molar-refractivity contribution in [2.75, 3.05) is 24.7 Å². The topological polar surface area (TPSA) is 102 Å². The molecular weight excluding hydrogens is 372 g/mol. The Morgan fingerprint density at radius 2 is 2.00 bits per heavy atom. The molecule has 0 saturated carbocycles. The molecule has 2 aromatic rings. The van der Waals surface area contributed by atoms with E-state index in [0.29, 0.717) is 16.3 Å². The molecule has 8 nitrogen and oxygen atoms in total. The molecule has 9 heteroatoms. The molecule has 0 unspecified atom stereocenters. The summed E-state index contributed by atoms with van der Waals surface area (Å²) in [6.07, 6.45) is 0.123. The number of hydrogen-bond acceptors (Lipinski definition) is 7. The van der Waals surface area contributed by atoms with Crippen molar-refractivity contribution in [3.8, 4) is 5.75 Å². The van der Waals surface area contributed by atoms with Gasteiger partial charge in [-0.05, 0) is 23.6 Å². The van der Waals surface area contributed by atoms with Crippen LogP contribution in [0.5, 0.6) is 5.75 Å². The minimum absolute atomic E-state index is 0.123. The van der Waals surface area contributed by atoms with E-state index in [1.165, 1.54) is 16.2 Å². The lowest BCUT2D eigenvalue weighted by Crippen LogP contribution is -2.38. The first-order valence-corrected chi connectivity index (χ1v) is 8.98. The molecule has 1 aliphatic heterocycles. The van der Waals surface area contributed by atoms with Gasteiger partial charge in [-0.3, -0.25) is 29.4 Å². The van der Waals surface area contributed by atoms with Gasteiger partial charge in [0.05, 0.1) is 23.6 Å². The molecule has 1 aromatic heterocycles. The molecule has 1 aliphatic rings. The Kier molecular flexibility index (Phi) is 5.82. The van der Waals surface area contributed by atoms with E-state index in [0.717, 1.165) is 0 Å². The number of carbonyl (C=O) groups excluding carboxylic acids is 4. The molecule has 1 N–H and O–H groups in total. The van der Waals surface area contributed by atoms with Crippen molar-refractivity contribution in [3.05, 3.63) is 46.7 Å². The predicted molar refractivity (Wildman–Crippen MR) is 96.7 cm³/mol. The second-order valence-electron chi connectivity index (χ2n) is 5.56. The minimum Gasteiger partial charge on any atom is -0.491 e. The minimum atomic E-state index is -0.765. The maximum atomic E-state index is 12.2. The Morgan fingerprint density at radius 1 is 1.19 bits per heavy atom. The smallest absolute Gasteiger partial charge is 0.326 e. The van der Waals surface area contributed by atoms with Gasteiger partial charge in [0, 0.05) is 0 Å². The van der Waals surface area contributed by atoms with Crippen LogP contribution in [0.1, 0.15) is 16.1 Å². The van der Waals surface area contributed by atoms with Gasteiger partial charge in [0.2, 0.25) is 5.91 Å². The Bertz CT molecular complexity index is 864. The number of amides is 3. The summed E-state index contributed by atoms with van der Waals surface area (Å²) in [5.74, 6) is -1.85. The van der Waals surface area contributed by atoms with E-state index >= 15 is 0 Å².